The van der Waals surface area contributed by atoms with Crippen molar-refractivity contribution in [3.8, 4) is 11.3 Å². The monoisotopic (exact) mass is 515 g/mol. The Labute approximate surface area is 224 Å². The highest BCUT2D eigenvalue weighted by atomic mass is 16.2. The minimum Gasteiger partial charge on any atom is -0.368 e. The first-order valence-corrected chi connectivity index (χ1v) is 12.9. The molecule has 38 heavy (non-hydrogen) atoms. The average molecular weight is 516 g/mol. The van der Waals surface area contributed by atoms with E-state index in [9.17, 15) is 9.59 Å². The summed E-state index contributed by atoms with van der Waals surface area (Å²) in [5.41, 5.74) is 4.09. The van der Waals surface area contributed by atoms with Crippen LogP contribution in [-0.2, 0) is 9.59 Å². The van der Waals surface area contributed by atoms with Crippen molar-refractivity contribution in [2.24, 2.45) is 5.41 Å². The van der Waals surface area contributed by atoms with Crippen molar-refractivity contribution in [3.05, 3.63) is 60.8 Å². The molecule has 9 nitrogen and oxygen atoms in total. The first kappa shape index (κ1) is 27.1. The van der Waals surface area contributed by atoms with Crippen LogP contribution in [0.2, 0.25) is 0 Å². The Bertz CT molecular complexity index is 1250. The fraction of sp³-hybridized carbons (Fsp3) is 0.379. The van der Waals surface area contributed by atoms with E-state index in [-0.39, 0.29) is 11.8 Å². The zero-order valence-corrected chi connectivity index (χ0v) is 22.9. The fourth-order valence-electron chi connectivity index (χ4n) is 4.85. The number of carbonyl (C=O) groups excluding carboxylic acids is 2. The Morgan fingerprint density at radius 1 is 0.921 bits per heavy atom. The summed E-state index contributed by atoms with van der Waals surface area (Å²) >= 11 is 0. The maximum absolute atomic E-state index is 13.0. The molecule has 0 bridgehead atoms. The number of hydrogen-bond donors (Lipinski definition) is 2. The number of benzene rings is 2. The molecule has 0 spiro atoms. The van der Waals surface area contributed by atoms with Gasteiger partial charge < -0.3 is 25.3 Å². The van der Waals surface area contributed by atoms with Gasteiger partial charge in [0.1, 0.15) is 0 Å². The Hall–Kier alpha value is -3.98. The highest BCUT2D eigenvalue weighted by molar-refractivity contribution is 5.89. The Morgan fingerprint density at radius 3 is 2.16 bits per heavy atom. The highest BCUT2D eigenvalue weighted by Gasteiger charge is 2.34. The summed E-state index contributed by atoms with van der Waals surface area (Å²) in [7, 11) is 4.01. The molecule has 1 aliphatic heterocycles. The number of hydrogen-bond acceptors (Lipinski definition) is 7. The van der Waals surface area contributed by atoms with Gasteiger partial charge in [-0.2, -0.15) is 0 Å². The summed E-state index contributed by atoms with van der Waals surface area (Å²) < 4.78 is 0. The average Bonchev–Trinajstić information content (AvgIpc) is 2.88. The van der Waals surface area contributed by atoms with Crippen molar-refractivity contribution in [1.29, 1.82) is 0 Å². The number of rotatable bonds is 8. The minimum absolute atomic E-state index is 0.102. The molecule has 9 heteroatoms. The van der Waals surface area contributed by atoms with Gasteiger partial charge in [-0.1, -0.05) is 12.1 Å². The molecule has 2 aromatic carbocycles. The normalized spacial score (nSPS) is 13.9. The number of anilines is 4. The molecule has 4 rings (SSSR count). The molecule has 0 radical (unpaired) electrons. The van der Waals surface area contributed by atoms with Gasteiger partial charge in [-0.3, -0.25) is 9.59 Å². The van der Waals surface area contributed by atoms with Gasteiger partial charge >= 0.3 is 0 Å². The van der Waals surface area contributed by atoms with Crippen molar-refractivity contribution in [1.82, 2.24) is 19.8 Å². The maximum atomic E-state index is 13.0. The minimum atomic E-state index is -0.394. The fourth-order valence-corrected chi connectivity index (χ4v) is 4.85. The number of nitrogens with one attached hydrogen (secondary N) is 2. The summed E-state index contributed by atoms with van der Waals surface area (Å²) in [5.74, 6) is 0.624. The number of piperazine rings is 1. The zero-order valence-electron chi connectivity index (χ0n) is 22.9. The summed E-state index contributed by atoms with van der Waals surface area (Å²) in [6, 6.07) is 17.6. The Balaban J connectivity index is 1.34. The topological polar surface area (TPSA) is 93.7 Å². The Morgan fingerprint density at radius 2 is 1.55 bits per heavy atom. The zero-order chi connectivity index (χ0) is 27.3. The molecule has 200 valence electrons. The summed E-state index contributed by atoms with van der Waals surface area (Å²) in [5, 5.41) is 6.05. The van der Waals surface area contributed by atoms with E-state index in [0.717, 1.165) is 61.0 Å². The molecule has 2 amide bonds. The molecule has 0 saturated carbocycles. The molecule has 1 aromatic heterocycles. The second-order valence-corrected chi connectivity index (χ2v) is 10.6. The van der Waals surface area contributed by atoms with Gasteiger partial charge in [0.2, 0.25) is 17.8 Å². The van der Waals surface area contributed by atoms with Crippen molar-refractivity contribution in [2.75, 3.05) is 62.4 Å². The third-order valence-electron chi connectivity index (χ3n) is 6.50. The highest BCUT2D eigenvalue weighted by Crippen LogP contribution is 2.25. The second-order valence-electron chi connectivity index (χ2n) is 10.6. The van der Waals surface area contributed by atoms with Crippen LogP contribution < -0.4 is 15.5 Å². The van der Waals surface area contributed by atoms with E-state index in [1.807, 2.05) is 75.3 Å². The maximum Gasteiger partial charge on any atom is 0.229 e. The second kappa shape index (κ2) is 11.6. The molecule has 2 N–H and O–H groups in total. The number of nitrogens with zero attached hydrogens (tertiary/aromatic N) is 5. The lowest BCUT2D eigenvalue weighted by Gasteiger charge is -2.40. The number of carbonyl (C=O) groups is 2. The van der Waals surface area contributed by atoms with E-state index in [4.69, 9.17) is 0 Å². The SMILES string of the molecule is CC(=O)Nc1ccc(-c2ccnc(Nc3ccc(N4CCN(C(=O)C(C)(C)CN(C)C)CC4)cc3)n2)cc1. The van der Waals surface area contributed by atoms with Crippen LogP contribution in [0.1, 0.15) is 20.8 Å². The standard InChI is InChI=1S/C29H37N7O2/c1-21(37)31-23-8-6-22(7-9-23)26-14-15-30-28(33-26)32-24-10-12-25(13-11-24)35-16-18-36(19-17-35)27(38)29(2,3)20-34(4)5/h6-15H,16-20H2,1-5H3,(H,31,37)(H,30,32,33). The first-order chi connectivity index (χ1) is 18.1. The third kappa shape index (κ3) is 6.86. The van der Waals surface area contributed by atoms with Crippen molar-refractivity contribution < 1.29 is 9.59 Å². The van der Waals surface area contributed by atoms with Crippen LogP contribution in [0.5, 0.6) is 0 Å². The first-order valence-electron chi connectivity index (χ1n) is 12.9. The predicted molar refractivity (Wildman–Crippen MR) is 153 cm³/mol. The van der Waals surface area contributed by atoms with E-state index < -0.39 is 5.41 Å². The number of amides is 2. The largest absolute Gasteiger partial charge is 0.368 e. The Kier molecular flexibility index (Phi) is 8.26. The number of aromatic nitrogens is 2. The van der Waals surface area contributed by atoms with E-state index in [1.54, 1.807) is 6.20 Å². The molecule has 0 atom stereocenters. The molecule has 2 heterocycles. The van der Waals surface area contributed by atoms with Gasteiger partial charge in [0.25, 0.3) is 0 Å². The van der Waals surface area contributed by atoms with E-state index in [0.29, 0.717) is 5.95 Å². The molecule has 3 aromatic rings. The van der Waals surface area contributed by atoms with Crippen LogP contribution in [0.3, 0.4) is 0 Å². The lowest BCUT2D eigenvalue weighted by atomic mass is 9.90. The van der Waals surface area contributed by atoms with Gasteiger partial charge in [0.05, 0.1) is 11.1 Å². The van der Waals surface area contributed by atoms with Crippen molar-refractivity contribution in [3.63, 3.8) is 0 Å². The molecule has 1 aliphatic rings. The van der Waals surface area contributed by atoms with E-state index in [2.05, 4.69) is 42.5 Å². The van der Waals surface area contributed by atoms with Gasteiger partial charge in [0.15, 0.2) is 0 Å². The molecule has 1 fully saturated rings. The van der Waals surface area contributed by atoms with Crippen LogP contribution in [0.4, 0.5) is 23.0 Å². The quantitative estimate of drug-likeness (QED) is 0.467. The van der Waals surface area contributed by atoms with Crippen LogP contribution in [0.15, 0.2) is 60.8 Å². The third-order valence-corrected chi connectivity index (χ3v) is 6.50. The van der Waals surface area contributed by atoms with Gasteiger partial charge in [-0.25, -0.2) is 9.97 Å². The van der Waals surface area contributed by atoms with Gasteiger partial charge in [0, 0.05) is 68.5 Å². The van der Waals surface area contributed by atoms with Crippen LogP contribution in [0, 0.1) is 5.41 Å². The van der Waals surface area contributed by atoms with Crippen LogP contribution >= 0.6 is 0 Å². The summed E-state index contributed by atoms with van der Waals surface area (Å²) in [6.07, 6.45) is 1.72. The van der Waals surface area contributed by atoms with Crippen molar-refractivity contribution >= 4 is 34.8 Å². The lowest BCUT2D eigenvalue weighted by Crippen LogP contribution is -2.53. The van der Waals surface area contributed by atoms with Crippen LogP contribution in [-0.4, -0.2) is 78.4 Å². The summed E-state index contributed by atoms with van der Waals surface area (Å²) in [6.45, 7) is 9.33. The molecular formula is C29H37N7O2. The van der Waals surface area contributed by atoms with Gasteiger partial charge in [-0.05, 0) is 70.4 Å². The molecule has 1 saturated heterocycles. The predicted octanol–water partition coefficient (Wildman–Crippen LogP) is 4.08. The van der Waals surface area contributed by atoms with E-state index in [1.165, 1.54) is 6.92 Å². The van der Waals surface area contributed by atoms with Gasteiger partial charge in [-0.15, -0.1) is 0 Å². The molecule has 0 unspecified atom stereocenters. The van der Waals surface area contributed by atoms with Crippen molar-refractivity contribution in [2.45, 2.75) is 20.8 Å². The molecule has 0 aliphatic carbocycles. The van der Waals surface area contributed by atoms with E-state index >= 15 is 0 Å². The summed E-state index contributed by atoms with van der Waals surface area (Å²) in [4.78, 5) is 39.6. The lowest BCUT2D eigenvalue weighted by molar-refractivity contribution is -0.141. The smallest absolute Gasteiger partial charge is 0.229 e. The van der Waals surface area contributed by atoms with Crippen LogP contribution in [0.25, 0.3) is 11.3 Å². The molecular weight excluding hydrogens is 478 g/mol.